The van der Waals surface area contributed by atoms with Crippen molar-refractivity contribution in [2.75, 3.05) is 19.7 Å². The maximum absolute atomic E-state index is 14.5. The number of rotatable bonds is 3. The van der Waals surface area contributed by atoms with Crippen LogP contribution in [0.25, 0.3) is 0 Å². The minimum absolute atomic E-state index is 0.123. The van der Waals surface area contributed by atoms with Crippen LogP contribution in [0.3, 0.4) is 0 Å². The number of aliphatic hydroxyl groups excluding tert-OH is 1. The summed E-state index contributed by atoms with van der Waals surface area (Å²) in [5.41, 5.74) is 2.00. The van der Waals surface area contributed by atoms with Crippen LogP contribution in [0, 0.1) is 5.82 Å². The summed E-state index contributed by atoms with van der Waals surface area (Å²) in [5, 5.41) is 16.6. The highest BCUT2D eigenvalue weighted by Crippen LogP contribution is 2.29. The maximum Gasteiger partial charge on any atom is 0.255 e. The number of carbonyl (C=O) groups is 2. The third kappa shape index (κ3) is 6.42. The zero-order chi connectivity index (χ0) is 27.5. The fourth-order valence-electron chi connectivity index (χ4n) is 5.73. The molecule has 0 saturated carbocycles. The van der Waals surface area contributed by atoms with Crippen LogP contribution in [0.15, 0.2) is 42.5 Å². The van der Waals surface area contributed by atoms with Crippen molar-refractivity contribution in [2.24, 2.45) is 0 Å². The number of ether oxygens (including phenoxy) is 2. The quantitative estimate of drug-likeness (QED) is 0.554. The summed E-state index contributed by atoms with van der Waals surface area (Å²) < 4.78 is 26.8. The standard InChI is InChI=1S/C30H38FN3O5/c1-18(2)19-7-9-23-27(13-19)38-12-11-22-8-10-26(35)28(39-22)15-32-30(37)25-14-21(33-29(23)36)17-34(25)16-20-5-3-4-6-24(20)31/h3-7,9,13,18,21-22,25-26,28,35H,8,10-12,14-17H2,1-2H3,(H,32,37)(H,33,36)/t21-,22-,25-,26-,28+/m0/s1. The maximum atomic E-state index is 14.5. The smallest absolute Gasteiger partial charge is 0.255 e. The molecular formula is C30H38FN3O5. The molecule has 0 aliphatic carbocycles. The molecule has 39 heavy (non-hydrogen) atoms. The van der Waals surface area contributed by atoms with E-state index in [0.717, 1.165) is 5.56 Å². The molecule has 210 valence electrons. The molecule has 5 atom stereocenters. The molecular weight excluding hydrogens is 501 g/mol. The van der Waals surface area contributed by atoms with Crippen LogP contribution in [0.4, 0.5) is 4.39 Å². The van der Waals surface area contributed by atoms with Gasteiger partial charge in [-0.25, -0.2) is 4.39 Å². The highest BCUT2D eigenvalue weighted by molar-refractivity contribution is 5.97. The summed E-state index contributed by atoms with van der Waals surface area (Å²) >= 11 is 0. The van der Waals surface area contributed by atoms with Crippen molar-refractivity contribution in [3.63, 3.8) is 0 Å². The van der Waals surface area contributed by atoms with Gasteiger partial charge in [-0.3, -0.25) is 14.5 Å². The second-order valence-electron chi connectivity index (χ2n) is 11.2. The van der Waals surface area contributed by atoms with Crippen molar-refractivity contribution in [3.05, 3.63) is 65.0 Å². The Morgan fingerprint density at radius 2 is 1.95 bits per heavy atom. The molecule has 3 aliphatic heterocycles. The summed E-state index contributed by atoms with van der Waals surface area (Å²) in [6.07, 6.45) is 0.941. The summed E-state index contributed by atoms with van der Waals surface area (Å²) in [5.74, 6) is -0.0277. The van der Waals surface area contributed by atoms with Crippen molar-refractivity contribution >= 4 is 11.8 Å². The lowest BCUT2D eigenvalue weighted by atomic mass is 9.99. The van der Waals surface area contributed by atoms with Gasteiger partial charge in [-0.1, -0.05) is 38.1 Å². The number of halogens is 1. The van der Waals surface area contributed by atoms with E-state index in [9.17, 15) is 19.1 Å². The Labute approximate surface area is 228 Å². The molecule has 3 heterocycles. The van der Waals surface area contributed by atoms with E-state index >= 15 is 0 Å². The zero-order valence-electron chi connectivity index (χ0n) is 22.6. The molecule has 2 aromatic rings. The van der Waals surface area contributed by atoms with Gasteiger partial charge in [0.15, 0.2) is 0 Å². The van der Waals surface area contributed by atoms with Crippen LogP contribution in [0.5, 0.6) is 5.75 Å². The van der Waals surface area contributed by atoms with Crippen molar-refractivity contribution < 1.29 is 28.6 Å². The van der Waals surface area contributed by atoms with Gasteiger partial charge in [-0.2, -0.15) is 0 Å². The van der Waals surface area contributed by atoms with Crippen LogP contribution in [0.2, 0.25) is 0 Å². The minimum Gasteiger partial charge on any atom is -0.493 e. The molecule has 0 aromatic heterocycles. The van der Waals surface area contributed by atoms with E-state index in [0.29, 0.717) is 55.7 Å². The Kier molecular flexibility index (Phi) is 8.49. The first-order chi connectivity index (χ1) is 18.8. The average Bonchev–Trinajstić information content (AvgIpc) is 3.31. The Hall–Kier alpha value is -3.01. The first-order valence-electron chi connectivity index (χ1n) is 13.9. The van der Waals surface area contributed by atoms with Crippen molar-refractivity contribution in [1.82, 2.24) is 15.5 Å². The third-order valence-corrected chi connectivity index (χ3v) is 8.05. The monoisotopic (exact) mass is 539 g/mol. The molecule has 0 spiro atoms. The molecule has 3 aliphatic rings. The number of hydrogen-bond donors (Lipinski definition) is 3. The molecule has 0 unspecified atom stereocenters. The van der Waals surface area contributed by atoms with Gasteiger partial charge in [-0.15, -0.1) is 0 Å². The van der Waals surface area contributed by atoms with Gasteiger partial charge in [0.1, 0.15) is 17.7 Å². The average molecular weight is 540 g/mol. The molecule has 2 amide bonds. The molecule has 9 heteroatoms. The molecule has 4 bridgehead atoms. The number of benzene rings is 2. The van der Waals surface area contributed by atoms with Gasteiger partial charge in [0.25, 0.3) is 5.91 Å². The number of likely N-dealkylation sites (tertiary alicyclic amines) is 1. The predicted octanol–water partition coefficient (Wildman–Crippen LogP) is 3.13. The molecule has 2 aromatic carbocycles. The van der Waals surface area contributed by atoms with Crippen LogP contribution >= 0.6 is 0 Å². The van der Waals surface area contributed by atoms with Crippen molar-refractivity contribution in [1.29, 1.82) is 0 Å². The van der Waals surface area contributed by atoms with Gasteiger partial charge < -0.3 is 25.2 Å². The summed E-state index contributed by atoms with van der Waals surface area (Å²) in [4.78, 5) is 28.7. The lowest BCUT2D eigenvalue weighted by molar-refractivity contribution is -0.133. The third-order valence-electron chi connectivity index (χ3n) is 8.05. The van der Waals surface area contributed by atoms with Crippen LogP contribution < -0.4 is 15.4 Å². The first-order valence-corrected chi connectivity index (χ1v) is 13.9. The van der Waals surface area contributed by atoms with E-state index < -0.39 is 18.2 Å². The summed E-state index contributed by atoms with van der Waals surface area (Å²) in [7, 11) is 0. The molecule has 2 saturated heterocycles. The lowest BCUT2D eigenvalue weighted by Gasteiger charge is -2.34. The largest absolute Gasteiger partial charge is 0.493 e. The highest BCUT2D eigenvalue weighted by Gasteiger charge is 2.39. The van der Waals surface area contributed by atoms with Crippen LogP contribution in [0.1, 0.15) is 66.9 Å². The Morgan fingerprint density at radius 1 is 1.13 bits per heavy atom. The van der Waals surface area contributed by atoms with Gasteiger partial charge >= 0.3 is 0 Å². The number of hydrogen-bond acceptors (Lipinski definition) is 6. The molecule has 2 fully saturated rings. The molecule has 5 rings (SSSR count). The minimum atomic E-state index is -0.666. The van der Waals surface area contributed by atoms with E-state index in [4.69, 9.17) is 9.47 Å². The predicted molar refractivity (Wildman–Crippen MR) is 144 cm³/mol. The Bertz CT molecular complexity index is 1190. The SMILES string of the molecule is CC(C)c1ccc2c(c1)OCC[C@@H]1CC[C@H](O)[C@@H](CNC(=O)[C@@H]3C[C@@H](CN3Cc3ccccc3F)NC2=O)O1. The summed E-state index contributed by atoms with van der Waals surface area (Å²) in [6.45, 7) is 5.35. The lowest BCUT2D eigenvalue weighted by Crippen LogP contribution is -2.50. The van der Waals surface area contributed by atoms with Gasteiger partial charge in [-0.05, 0) is 48.9 Å². The Morgan fingerprint density at radius 3 is 2.74 bits per heavy atom. The first kappa shape index (κ1) is 27.6. The number of amides is 2. The van der Waals surface area contributed by atoms with E-state index in [2.05, 4.69) is 24.5 Å². The topological polar surface area (TPSA) is 100 Å². The molecule has 0 radical (unpaired) electrons. The van der Waals surface area contributed by atoms with Crippen molar-refractivity contribution in [2.45, 2.75) is 82.4 Å². The van der Waals surface area contributed by atoms with Crippen LogP contribution in [-0.2, 0) is 16.1 Å². The number of nitrogens with zero attached hydrogens (tertiary/aromatic N) is 1. The van der Waals surface area contributed by atoms with E-state index in [1.165, 1.54) is 6.07 Å². The summed E-state index contributed by atoms with van der Waals surface area (Å²) in [6, 6.07) is 11.3. The van der Waals surface area contributed by atoms with E-state index in [-0.39, 0.29) is 48.8 Å². The molecule has 3 N–H and O–H groups in total. The Balaban J connectivity index is 1.43. The fourth-order valence-corrected chi connectivity index (χ4v) is 5.73. The number of carbonyl (C=O) groups excluding carboxylic acids is 2. The number of fused-ring (bicyclic) bond motifs is 5. The fraction of sp³-hybridized carbons (Fsp3) is 0.533. The van der Waals surface area contributed by atoms with Crippen molar-refractivity contribution in [3.8, 4) is 5.75 Å². The van der Waals surface area contributed by atoms with Crippen LogP contribution in [-0.4, -0.2) is 71.9 Å². The molecule has 8 nitrogen and oxygen atoms in total. The van der Waals surface area contributed by atoms with Gasteiger partial charge in [0, 0.05) is 37.7 Å². The number of aliphatic hydroxyl groups is 1. The normalized spacial score (nSPS) is 28.4. The zero-order valence-corrected chi connectivity index (χ0v) is 22.6. The highest BCUT2D eigenvalue weighted by atomic mass is 19.1. The number of nitrogens with one attached hydrogen (secondary N) is 2. The van der Waals surface area contributed by atoms with Gasteiger partial charge in [0.2, 0.25) is 5.91 Å². The van der Waals surface area contributed by atoms with E-state index in [1.54, 1.807) is 24.3 Å². The van der Waals surface area contributed by atoms with Gasteiger partial charge in [0.05, 0.1) is 30.4 Å². The second kappa shape index (κ2) is 12.0. The van der Waals surface area contributed by atoms with E-state index in [1.807, 2.05) is 17.0 Å². The second-order valence-corrected chi connectivity index (χ2v) is 11.2.